The van der Waals surface area contributed by atoms with Crippen molar-refractivity contribution < 1.29 is 13.9 Å². The first-order chi connectivity index (χ1) is 11.8. The van der Waals surface area contributed by atoms with E-state index in [1.807, 2.05) is 5.38 Å². The van der Waals surface area contributed by atoms with Gasteiger partial charge in [-0.15, -0.1) is 11.3 Å². The van der Waals surface area contributed by atoms with Crippen LogP contribution < -0.4 is 10.1 Å². The van der Waals surface area contributed by atoms with Gasteiger partial charge in [0.25, 0.3) is 0 Å². The predicted molar refractivity (Wildman–Crippen MR) is 96.5 cm³/mol. The number of benzene rings is 1. The Labute approximate surface area is 151 Å². The van der Waals surface area contributed by atoms with Crippen LogP contribution in [0.2, 0.25) is 5.11 Å². The third kappa shape index (κ3) is 4.25. The number of carbonyl (C=O) groups is 1. The Balaban J connectivity index is 1.73. The average Bonchev–Trinajstić information content (AvgIpc) is 3.18. The van der Waals surface area contributed by atoms with Gasteiger partial charge >= 0.3 is 0 Å². The second kappa shape index (κ2) is 6.96. The number of ether oxygens (including phenoxy) is 1. The largest absolute Gasteiger partial charge is 0.484 e. The van der Waals surface area contributed by atoms with Crippen LogP contribution in [0.1, 0.15) is 11.4 Å². The van der Waals surface area contributed by atoms with Crippen molar-refractivity contribution in [3.63, 3.8) is 0 Å². The third-order valence-corrected chi connectivity index (χ3v) is 4.06. The second-order valence-electron chi connectivity index (χ2n) is 5.55. The van der Waals surface area contributed by atoms with Crippen LogP contribution in [0.15, 0.2) is 29.1 Å². The molecule has 5 nitrogen and oxygen atoms in total. The molecule has 0 saturated carbocycles. The summed E-state index contributed by atoms with van der Waals surface area (Å²) in [5.41, 5.74) is 3.72. The molecule has 120 valence electrons. The lowest BCUT2D eigenvalue weighted by molar-refractivity contribution is -0.120. The van der Waals surface area contributed by atoms with Crippen LogP contribution in [0.25, 0.3) is 10.9 Å². The molecule has 0 aliphatic carbocycles. The molecule has 10 heteroatoms. The van der Waals surface area contributed by atoms with E-state index in [2.05, 4.69) is 15.3 Å². The van der Waals surface area contributed by atoms with Crippen molar-refractivity contribution in [2.75, 3.05) is 0 Å². The lowest BCUT2D eigenvalue weighted by Crippen LogP contribution is -2.36. The molecule has 0 aliphatic heterocycles. The quantitative estimate of drug-likeness (QED) is 0.664. The van der Waals surface area contributed by atoms with Gasteiger partial charge in [-0.25, -0.2) is 9.37 Å². The summed E-state index contributed by atoms with van der Waals surface area (Å²) < 4.78 is 19.6. The summed E-state index contributed by atoms with van der Waals surface area (Å²) in [6.07, 6.45) is 0. The fourth-order valence-corrected chi connectivity index (χ4v) is 2.73. The van der Waals surface area contributed by atoms with Crippen molar-refractivity contribution in [3.05, 3.63) is 46.3 Å². The maximum Gasteiger partial charge on any atom is 0.201 e. The molecule has 1 amide bonds. The molecular weight excluding hydrogens is 338 g/mol. The lowest BCUT2D eigenvalue weighted by atomic mass is 9.42. The molecule has 2 heterocycles. The molecule has 3 aromatic rings. The zero-order valence-corrected chi connectivity index (χ0v) is 13.9. The Bertz CT molecular complexity index is 893. The number of nitrogens with one attached hydrogen (secondary N) is 2. The van der Waals surface area contributed by atoms with E-state index in [9.17, 15) is 9.18 Å². The van der Waals surface area contributed by atoms with Crippen molar-refractivity contribution in [1.29, 1.82) is 0 Å². The number of aromatic amines is 1. The molecule has 0 spiro atoms. The Morgan fingerprint density at radius 1 is 1.36 bits per heavy atom. The number of hydrogen-bond acceptors (Lipinski definition) is 4. The number of halogens is 1. The van der Waals surface area contributed by atoms with E-state index in [0.29, 0.717) is 16.6 Å². The number of hydrogen-bond donors (Lipinski definition) is 2. The monoisotopic (exact) mass is 349 g/mol. The topological polar surface area (TPSA) is 67.0 Å². The molecule has 2 N–H and O–H groups in total. The first-order valence-electron chi connectivity index (χ1n) is 7.29. The first-order valence-corrected chi connectivity index (χ1v) is 8.23. The van der Waals surface area contributed by atoms with Crippen molar-refractivity contribution in [2.45, 2.75) is 18.3 Å². The van der Waals surface area contributed by atoms with E-state index in [1.165, 1.54) is 17.4 Å². The number of carbonyl (C=O) groups excluding carboxylic acids is 1. The highest BCUT2D eigenvalue weighted by Gasteiger charge is 2.19. The Morgan fingerprint density at radius 2 is 2.16 bits per heavy atom. The first kappa shape index (κ1) is 17.6. The van der Waals surface area contributed by atoms with Crippen LogP contribution in [-0.4, -0.2) is 39.4 Å². The van der Waals surface area contributed by atoms with Gasteiger partial charge in [-0.2, -0.15) is 0 Å². The van der Waals surface area contributed by atoms with Gasteiger partial charge in [0.05, 0.1) is 41.3 Å². The summed E-state index contributed by atoms with van der Waals surface area (Å²) in [4.78, 5) is 18.7. The van der Waals surface area contributed by atoms with E-state index >= 15 is 0 Å². The van der Waals surface area contributed by atoms with E-state index in [4.69, 9.17) is 28.3 Å². The molecule has 0 unspecified atom stereocenters. The standard InChI is InChI=1S/C15H11B3FN3O2S/c16-15(17,18)14(23)20-4-9-1-8-2-11(19)13(3-12(8)22-9)24-5-10-6-25-7-21-10/h1-3,6-7,22H,4-5H2,(H,20,23). The summed E-state index contributed by atoms with van der Waals surface area (Å²) in [7, 11) is 15.9. The molecule has 25 heavy (non-hydrogen) atoms. The summed E-state index contributed by atoms with van der Waals surface area (Å²) >= 11 is 1.44. The van der Waals surface area contributed by atoms with Crippen molar-refractivity contribution in [3.8, 4) is 5.75 Å². The highest BCUT2D eigenvalue weighted by atomic mass is 32.1. The summed E-state index contributed by atoms with van der Waals surface area (Å²) in [6, 6.07) is 4.61. The van der Waals surface area contributed by atoms with Gasteiger partial charge in [-0.1, -0.05) is 5.11 Å². The van der Waals surface area contributed by atoms with E-state index in [0.717, 1.165) is 5.69 Å². The lowest BCUT2D eigenvalue weighted by Gasteiger charge is -2.18. The van der Waals surface area contributed by atoms with Crippen LogP contribution in [0.5, 0.6) is 5.75 Å². The molecule has 1 aromatic carbocycles. The number of fused-ring (bicyclic) bond motifs is 1. The number of aromatic nitrogens is 2. The number of rotatable bonds is 6. The van der Waals surface area contributed by atoms with Crippen molar-refractivity contribution >= 4 is 51.7 Å². The van der Waals surface area contributed by atoms with Crippen molar-refractivity contribution in [1.82, 2.24) is 15.3 Å². The number of H-pyrrole nitrogens is 1. The Morgan fingerprint density at radius 3 is 2.84 bits per heavy atom. The number of amides is 1. The minimum absolute atomic E-state index is 0.114. The third-order valence-electron chi connectivity index (χ3n) is 3.42. The van der Waals surface area contributed by atoms with Gasteiger partial charge in [-0.3, -0.25) is 4.79 Å². The van der Waals surface area contributed by atoms with Gasteiger partial charge in [0.1, 0.15) is 6.61 Å². The van der Waals surface area contributed by atoms with E-state index in [-0.39, 0.29) is 18.9 Å². The average molecular weight is 349 g/mol. The molecular formula is C15H11B3FN3O2S. The zero-order valence-electron chi connectivity index (χ0n) is 13.1. The minimum atomic E-state index is -1.95. The zero-order chi connectivity index (χ0) is 18.0. The molecule has 0 aliphatic rings. The van der Waals surface area contributed by atoms with Crippen molar-refractivity contribution in [2.24, 2.45) is 0 Å². The maximum atomic E-state index is 14.2. The van der Waals surface area contributed by atoms with Gasteiger partial charge in [0.15, 0.2) is 11.6 Å². The molecule has 0 bridgehead atoms. The minimum Gasteiger partial charge on any atom is -0.484 e. The Kier molecular flexibility index (Phi) is 4.90. The second-order valence-corrected chi connectivity index (χ2v) is 6.27. The summed E-state index contributed by atoms with van der Waals surface area (Å²) in [5, 5.41) is 3.02. The van der Waals surface area contributed by atoms with Crippen LogP contribution in [-0.2, 0) is 17.9 Å². The smallest absolute Gasteiger partial charge is 0.201 e. The van der Waals surface area contributed by atoms with Gasteiger partial charge in [0, 0.05) is 28.0 Å². The fourth-order valence-electron chi connectivity index (χ4n) is 2.19. The van der Waals surface area contributed by atoms with Gasteiger partial charge in [-0.05, 0) is 12.1 Å². The molecule has 3 rings (SSSR count). The fraction of sp³-hybridized carbons (Fsp3) is 0.200. The van der Waals surface area contributed by atoms with Crippen LogP contribution in [0.4, 0.5) is 4.39 Å². The molecule has 0 atom stereocenters. The molecule has 2 aromatic heterocycles. The summed E-state index contributed by atoms with van der Waals surface area (Å²) in [5.74, 6) is -1.07. The highest BCUT2D eigenvalue weighted by Crippen LogP contribution is 2.26. The SMILES string of the molecule is [B]C([B])([B])C(=O)NCc1cc2cc(F)c(OCc3cscn3)cc2[nH]1. The van der Waals surface area contributed by atoms with Gasteiger partial charge < -0.3 is 15.0 Å². The number of nitrogens with zero attached hydrogens (tertiary/aromatic N) is 1. The van der Waals surface area contributed by atoms with Crippen LogP contribution >= 0.6 is 11.3 Å². The molecule has 0 saturated heterocycles. The Hall–Kier alpha value is -2.22. The predicted octanol–water partition coefficient (Wildman–Crippen LogP) is 1.54. The van der Waals surface area contributed by atoms with E-state index in [1.54, 1.807) is 17.6 Å². The normalized spacial score (nSPS) is 11.6. The van der Waals surface area contributed by atoms with Crippen LogP contribution in [0.3, 0.4) is 0 Å². The maximum absolute atomic E-state index is 14.2. The highest BCUT2D eigenvalue weighted by molar-refractivity contribution is 7.07. The van der Waals surface area contributed by atoms with Gasteiger partial charge in [0.2, 0.25) is 5.91 Å². The van der Waals surface area contributed by atoms with E-state index < -0.39 is 16.8 Å². The summed E-state index contributed by atoms with van der Waals surface area (Å²) in [6.45, 7) is 0.304. The van der Waals surface area contributed by atoms with Crippen LogP contribution in [0, 0.1) is 5.82 Å². The molecule has 0 fully saturated rings. The number of thiazole rings is 1. The molecule has 6 radical (unpaired) electrons.